The molecular weight excluding hydrogens is 341 g/mol. The van der Waals surface area contributed by atoms with E-state index in [0.717, 1.165) is 31.2 Å². The van der Waals surface area contributed by atoms with Gasteiger partial charge >= 0.3 is 12.1 Å². The van der Waals surface area contributed by atoms with Gasteiger partial charge in [0.2, 0.25) is 0 Å². The summed E-state index contributed by atoms with van der Waals surface area (Å²) in [5.74, 6) is -1.80. The summed E-state index contributed by atoms with van der Waals surface area (Å²) in [6, 6.07) is 3.33. The van der Waals surface area contributed by atoms with Gasteiger partial charge in [-0.3, -0.25) is 4.79 Å². The first-order valence-electron chi connectivity index (χ1n) is 5.40. The van der Waals surface area contributed by atoms with Crippen LogP contribution in [0, 0.1) is 0 Å². The van der Waals surface area contributed by atoms with Crippen LogP contribution in [0.15, 0.2) is 24.3 Å². The molecule has 3 nitrogen and oxygen atoms in total. The number of halogens is 4. The lowest BCUT2D eigenvalue weighted by molar-refractivity contribution is -0.138. The monoisotopic (exact) mass is 350 g/mol. The highest BCUT2D eigenvalue weighted by Crippen LogP contribution is 2.39. The van der Waals surface area contributed by atoms with Crippen molar-refractivity contribution in [2.75, 3.05) is 0 Å². The minimum absolute atomic E-state index is 0.0271. The van der Waals surface area contributed by atoms with Crippen molar-refractivity contribution in [2.45, 2.75) is 17.9 Å². The van der Waals surface area contributed by atoms with Crippen molar-refractivity contribution in [1.29, 1.82) is 0 Å². The lowest BCUT2D eigenvalue weighted by Gasteiger charge is -2.18. The molecule has 1 atom stereocenters. The Kier molecular flexibility index (Phi) is 5.10. The van der Waals surface area contributed by atoms with Crippen molar-refractivity contribution in [1.82, 2.24) is 0 Å². The lowest BCUT2D eigenvalue weighted by Crippen LogP contribution is -2.14. The summed E-state index contributed by atoms with van der Waals surface area (Å²) in [7, 11) is 0. The van der Waals surface area contributed by atoms with Gasteiger partial charge in [-0.2, -0.15) is 13.2 Å². The molecule has 0 aromatic heterocycles. The van der Waals surface area contributed by atoms with Crippen molar-refractivity contribution in [3.63, 3.8) is 0 Å². The lowest BCUT2D eigenvalue weighted by atomic mass is 9.96. The van der Waals surface area contributed by atoms with Crippen LogP contribution in [0.5, 0.6) is 0 Å². The molecule has 0 aliphatic carbocycles. The number of rotatable bonds is 4. The van der Waals surface area contributed by atoms with E-state index in [4.69, 9.17) is 5.11 Å². The molecule has 1 aromatic rings. The maximum atomic E-state index is 13.0. The third kappa shape index (κ3) is 3.93. The summed E-state index contributed by atoms with van der Waals surface area (Å²) in [5, 5.41) is 8.55. The average molecular weight is 351 g/mol. The van der Waals surface area contributed by atoms with Crippen LogP contribution in [0.4, 0.5) is 13.2 Å². The fourth-order valence-corrected chi connectivity index (χ4v) is 2.13. The number of ketones is 1. The van der Waals surface area contributed by atoms with Gasteiger partial charge in [0, 0.05) is 6.08 Å². The molecule has 0 heterocycles. The quantitative estimate of drug-likeness (QED) is 0.663. The van der Waals surface area contributed by atoms with E-state index in [1.54, 1.807) is 0 Å². The van der Waals surface area contributed by atoms with Crippen LogP contribution in [-0.4, -0.2) is 16.9 Å². The molecule has 0 saturated carbocycles. The van der Waals surface area contributed by atoms with E-state index >= 15 is 0 Å². The molecule has 0 amide bonds. The Bertz CT molecular complexity index is 564. The molecule has 0 bridgehead atoms. The maximum Gasteiger partial charge on any atom is 0.416 e. The van der Waals surface area contributed by atoms with Crippen molar-refractivity contribution in [3.8, 4) is 0 Å². The highest BCUT2D eigenvalue weighted by Gasteiger charge is 2.36. The predicted molar refractivity (Wildman–Crippen MR) is 70.5 cm³/mol. The maximum absolute atomic E-state index is 13.0. The van der Waals surface area contributed by atoms with E-state index in [0.29, 0.717) is 0 Å². The molecule has 20 heavy (non-hydrogen) atoms. The molecule has 0 aliphatic rings. The normalized spacial score (nSPS) is 13.4. The smallest absolute Gasteiger partial charge is 0.416 e. The van der Waals surface area contributed by atoms with Gasteiger partial charge in [-0.1, -0.05) is 28.1 Å². The predicted octanol–water partition coefficient (Wildman–Crippen LogP) is 3.83. The van der Waals surface area contributed by atoms with Crippen LogP contribution in [0.25, 0.3) is 6.08 Å². The summed E-state index contributed by atoms with van der Waals surface area (Å²) >= 11 is 2.92. The molecule has 1 N–H and O–H groups in total. The van der Waals surface area contributed by atoms with Crippen molar-refractivity contribution in [2.24, 2.45) is 0 Å². The molecule has 108 valence electrons. The first-order valence-corrected chi connectivity index (χ1v) is 6.31. The second kappa shape index (κ2) is 6.21. The molecule has 0 saturated heterocycles. The van der Waals surface area contributed by atoms with Crippen LogP contribution in [0.1, 0.15) is 28.4 Å². The Labute approximate surface area is 121 Å². The Morgan fingerprint density at radius 1 is 1.35 bits per heavy atom. The highest BCUT2D eigenvalue weighted by molar-refractivity contribution is 9.09. The highest BCUT2D eigenvalue weighted by atomic mass is 79.9. The Morgan fingerprint density at radius 3 is 2.40 bits per heavy atom. The van der Waals surface area contributed by atoms with Gasteiger partial charge in [0.1, 0.15) is 5.78 Å². The zero-order valence-electron chi connectivity index (χ0n) is 10.2. The zero-order valence-corrected chi connectivity index (χ0v) is 11.8. The van der Waals surface area contributed by atoms with Crippen LogP contribution < -0.4 is 0 Å². The van der Waals surface area contributed by atoms with Gasteiger partial charge in [-0.05, 0) is 30.2 Å². The number of hydrogen-bond donors (Lipinski definition) is 1. The third-order valence-corrected chi connectivity index (χ3v) is 3.56. The summed E-state index contributed by atoms with van der Waals surface area (Å²) in [6.45, 7) is 1.15. The van der Waals surface area contributed by atoms with E-state index in [2.05, 4.69) is 15.9 Å². The van der Waals surface area contributed by atoms with Crippen LogP contribution in [0.2, 0.25) is 0 Å². The van der Waals surface area contributed by atoms with Crippen LogP contribution >= 0.6 is 15.9 Å². The van der Waals surface area contributed by atoms with E-state index in [1.807, 2.05) is 0 Å². The molecule has 1 unspecified atom stereocenters. The molecule has 0 fully saturated rings. The molecule has 1 aromatic carbocycles. The number of carboxylic acid groups (broad SMARTS) is 1. The number of benzene rings is 1. The zero-order chi connectivity index (χ0) is 15.5. The standard InChI is InChI=1S/C13H10BrF3O3/c1-7(18)12(14)11-8(5-6-10(19)20)3-2-4-9(11)13(15,16)17/h2-6,12H,1H3,(H,19,20). The molecule has 0 spiro atoms. The van der Waals surface area contributed by atoms with Crippen LogP contribution in [-0.2, 0) is 15.8 Å². The number of alkyl halides is 4. The van der Waals surface area contributed by atoms with Gasteiger partial charge in [-0.15, -0.1) is 0 Å². The number of carbonyl (C=O) groups excluding carboxylic acids is 1. The molecule has 1 rings (SSSR count). The molecule has 7 heteroatoms. The number of hydrogen-bond acceptors (Lipinski definition) is 2. The summed E-state index contributed by atoms with van der Waals surface area (Å²) in [4.78, 5) is 20.7. The van der Waals surface area contributed by atoms with Crippen molar-refractivity contribution >= 4 is 33.8 Å². The largest absolute Gasteiger partial charge is 0.478 e. The Balaban J connectivity index is 3.52. The topological polar surface area (TPSA) is 54.4 Å². The number of carbonyl (C=O) groups is 2. The van der Waals surface area contributed by atoms with E-state index in [9.17, 15) is 22.8 Å². The van der Waals surface area contributed by atoms with Gasteiger partial charge in [0.25, 0.3) is 0 Å². The first kappa shape index (κ1) is 16.4. The second-order valence-electron chi connectivity index (χ2n) is 3.95. The van der Waals surface area contributed by atoms with Gasteiger partial charge in [-0.25, -0.2) is 4.79 Å². The summed E-state index contributed by atoms with van der Waals surface area (Å²) in [6.07, 6.45) is -2.88. The number of carboxylic acids is 1. The number of Topliss-reactive ketones (excluding diaryl/α,β-unsaturated/α-hetero) is 1. The summed E-state index contributed by atoms with van der Waals surface area (Å²) < 4.78 is 38.9. The van der Waals surface area contributed by atoms with Crippen molar-refractivity contribution < 1.29 is 27.9 Å². The average Bonchev–Trinajstić information content (AvgIpc) is 2.33. The van der Waals surface area contributed by atoms with E-state index in [-0.39, 0.29) is 11.1 Å². The van der Waals surface area contributed by atoms with E-state index in [1.165, 1.54) is 6.07 Å². The molecular formula is C13H10BrF3O3. The molecule has 0 radical (unpaired) electrons. The third-order valence-electron chi connectivity index (χ3n) is 2.46. The second-order valence-corrected chi connectivity index (χ2v) is 4.87. The SMILES string of the molecule is CC(=O)C(Br)c1c(C=CC(=O)O)cccc1C(F)(F)F. The van der Waals surface area contributed by atoms with Gasteiger partial charge in [0.05, 0.1) is 10.4 Å². The van der Waals surface area contributed by atoms with Gasteiger partial charge < -0.3 is 5.11 Å². The first-order chi connectivity index (χ1) is 9.14. The minimum atomic E-state index is -4.64. The fourth-order valence-electron chi connectivity index (χ4n) is 1.62. The fraction of sp³-hybridized carbons (Fsp3) is 0.231. The van der Waals surface area contributed by atoms with E-state index < -0.39 is 28.3 Å². The van der Waals surface area contributed by atoms with Crippen molar-refractivity contribution in [3.05, 3.63) is 41.0 Å². The Morgan fingerprint density at radius 2 is 1.95 bits per heavy atom. The Hall–Kier alpha value is -1.63. The van der Waals surface area contributed by atoms with Gasteiger partial charge in [0.15, 0.2) is 0 Å². The van der Waals surface area contributed by atoms with Crippen LogP contribution in [0.3, 0.4) is 0 Å². The molecule has 0 aliphatic heterocycles. The number of aliphatic carboxylic acids is 1. The summed E-state index contributed by atoms with van der Waals surface area (Å²) in [5.41, 5.74) is -1.23. The minimum Gasteiger partial charge on any atom is -0.478 e.